The Labute approximate surface area is 137 Å². The lowest BCUT2D eigenvalue weighted by atomic mass is 10.2. The number of rotatable bonds is 2. The Kier molecular flexibility index (Phi) is 3.53. The number of fused-ring (bicyclic) bond motifs is 1. The van der Waals surface area contributed by atoms with Gasteiger partial charge in [-0.1, -0.05) is 18.2 Å². The van der Waals surface area contributed by atoms with Crippen LogP contribution in [-0.2, 0) is 0 Å². The van der Waals surface area contributed by atoms with E-state index in [1.807, 2.05) is 24.3 Å². The molecule has 2 aromatic heterocycles. The molecule has 3 aromatic rings. The number of para-hydroxylation sites is 1. The van der Waals surface area contributed by atoms with E-state index < -0.39 is 0 Å². The van der Waals surface area contributed by atoms with Gasteiger partial charge in [0.15, 0.2) is 5.69 Å². The monoisotopic (exact) mass is 324 g/mol. The summed E-state index contributed by atoms with van der Waals surface area (Å²) in [6.07, 6.45) is 2.92. The summed E-state index contributed by atoms with van der Waals surface area (Å²) >= 11 is 0. The van der Waals surface area contributed by atoms with Gasteiger partial charge in [0.25, 0.3) is 11.8 Å². The number of carbonyl (C=O) groups excluding carboxylic acids is 2. The van der Waals surface area contributed by atoms with Gasteiger partial charge < -0.3 is 14.2 Å². The molecule has 0 bridgehead atoms. The maximum atomic E-state index is 12.7. The number of hydrogen-bond donors (Lipinski definition) is 1. The van der Waals surface area contributed by atoms with Crippen LogP contribution in [0, 0.1) is 0 Å². The van der Waals surface area contributed by atoms with Gasteiger partial charge >= 0.3 is 0 Å². The highest BCUT2D eigenvalue weighted by molar-refractivity contribution is 6.04. The second-order valence-electron chi connectivity index (χ2n) is 5.71. The van der Waals surface area contributed by atoms with Crippen LogP contribution >= 0.6 is 0 Å². The maximum absolute atomic E-state index is 12.7. The zero-order valence-electron chi connectivity index (χ0n) is 12.9. The Morgan fingerprint density at radius 2 is 1.71 bits per heavy atom. The van der Waals surface area contributed by atoms with Crippen LogP contribution in [0.4, 0.5) is 0 Å². The van der Waals surface area contributed by atoms with Crippen molar-refractivity contribution in [1.29, 1.82) is 0 Å². The summed E-state index contributed by atoms with van der Waals surface area (Å²) in [6, 6.07) is 9.20. The fourth-order valence-corrected chi connectivity index (χ4v) is 2.96. The van der Waals surface area contributed by atoms with E-state index in [-0.39, 0.29) is 11.8 Å². The van der Waals surface area contributed by atoms with Gasteiger partial charge in [-0.25, -0.2) is 0 Å². The van der Waals surface area contributed by atoms with E-state index in [0.717, 1.165) is 10.9 Å². The molecule has 122 valence electrons. The number of aromatic amines is 1. The lowest BCUT2D eigenvalue weighted by Gasteiger charge is -2.34. The van der Waals surface area contributed by atoms with Gasteiger partial charge in [-0.3, -0.25) is 14.7 Å². The molecule has 0 aliphatic carbocycles. The number of nitrogens with zero attached hydrogens (tertiary/aromatic N) is 3. The number of nitrogens with one attached hydrogen (secondary N) is 1. The Morgan fingerprint density at radius 1 is 1.00 bits per heavy atom. The predicted molar refractivity (Wildman–Crippen MR) is 86.6 cm³/mol. The highest BCUT2D eigenvalue weighted by Gasteiger charge is 2.27. The molecule has 1 saturated heterocycles. The SMILES string of the molecule is O=C(c1ccoc1)N1CCN(C(=O)c2n[nH]c3ccccc23)CC1. The zero-order chi connectivity index (χ0) is 16.5. The quantitative estimate of drug-likeness (QED) is 0.778. The van der Waals surface area contributed by atoms with Gasteiger partial charge in [-0.15, -0.1) is 0 Å². The number of carbonyl (C=O) groups is 2. The predicted octanol–water partition coefficient (Wildman–Crippen LogP) is 1.75. The summed E-state index contributed by atoms with van der Waals surface area (Å²) in [5, 5.41) is 7.86. The molecule has 0 unspecified atom stereocenters. The lowest BCUT2D eigenvalue weighted by molar-refractivity contribution is 0.0533. The second-order valence-corrected chi connectivity index (χ2v) is 5.71. The summed E-state index contributed by atoms with van der Waals surface area (Å²) in [5.74, 6) is -0.177. The van der Waals surface area contributed by atoms with Crippen LogP contribution in [0.3, 0.4) is 0 Å². The first-order valence-electron chi connectivity index (χ1n) is 7.78. The summed E-state index contributed by atoms with van der Waals surface area (Å²) in [5.41, 5.74) is 1.81. The summed E-state index contributed by atoms with van der Waals surface area (Å²) in [4.78, 5) is 28.5. The van der Waals surface area contributed by atoms with Crippen molar-refractivity contribution in [2.75, 3.05) is 26.2 Å². The molecule has 0 saturated carbocycles. The molecule has 0 atom stereocenters. The van der Waals surface area contributed by atoms with Crippen molar-refractivity contribution in [3.63, 3.8) is 0 Å². The number of hydrogen-bond acceptors (Lipinski definition) is 4. The van der Waals surface area contributed by atoms with Crippen molar-refractivity contribution >= 4 is 22.7 Å². The average Bonchev–Trinajstić information content (AvgIpc) is 3.30. The second kappa shape index (κ2) is 5.84. The molecule has 1 N–H and O–H groups in total. The molecule has 0 spiro atoms. The Hall–Kier alpha value is -3.09. The molecule has 7 nitrogen and oxygen atoms in total. The molecular weight excluding hydrogens is 308 g/mol. The highest BCUT2D eigenvalue weighted by Crippen LogP contribution is 2.18. The maximum Gasteiger partial charge on any atom is 0.275 e. The molecular formula is C17H16N4O3. The van der Waals surface area contributed by atoms with Crippen LogP contribution in [0.1, 0.15) is 20.8 Å². The molecule has 24 heavy (non-hydrogen) atoms. The third-order valence-electron chi connectivity index (χ3n) is 4.30. The third kappa shape index (κ3) is 2.44. The first kappa shape index (κ1) is 14.5. The molecule has 1 aliphatic rings. The van der Waals surface area contributed by atoms with Crippen molar-refractivity contribution in [3.8, 4) is 0 Å². The molecule has 7 heteroatoms. The fourth-order valence-electron chi connectivity index (χ4n) is 2.96. The van der Waals surface area contributed by atoms with Crippen molar-refractivity contribution in [2.45, 2.75) is 0 Å². The minimum Gasteiger partial charge on any atom is -0.472 e. The number of H-pyrrole nitrogens is 1. The molecule has 1 aliphatic heterocycles. The van der Waals surface area contributed by atoms with E-state index in [0.29, 0.717) is 37.4 Å². The first-order chi connectivity index (χ1) is 11.7. The van der Waals surface area contributed by atoms with E-state index in [4.69, 9.17) is 4.42 Å². The van der Waals surface area contributed by atoms with E-state index in [2.05, 4.69) is 10.2 Å². The number of piperazine rings is 1. The van der Waals surface area contributed by atoms with E-state index in [1.165, 1.54) is 12.5 Å². The van der Waals surface area contributed by atoms with Gasteiger partial charge in [0.1, 0.15) is 6.26 Å². The molecule has 1 fully saturated rings. The molecule has 2 amide bonds. The Morgan fingerprint density at radius 3 is 2.42 bits per heavy atom. The van der Waals surface area contributed by atoms with Gasteiger partial charge in [-0.05, 0) is 12.1 Å². The topological polar surface area (TPSA) is 82.4 Å². The summed E-state index contributed by atoms with van der Waals surface area (Å²) < 4.78 is 4.95. The van der Waals surface area contributed by atoms with Crippen molar-refractivity contribution in [2.24, 2.45) is 0 Å². The van der Waals surface area contributed by atoms with Gasteiger partial charge in [-0.2, -0.15) is 5.10 Å². The number of amides is 2. The van der Waals surface area contributed by atoms with Crippen LogP contribution in [0.5, 0.6) is 0 Å². The van der Waals surface area contributed by atoms with Crippen molar-refractivity contribution < 1.29 is 14.0 Å². The van der Waals surface area contributed by atoms with Gasteiger partial charge in [0.05, 0.1) is 17.3 Å². The number of benzene rings is 1. The molecule has 0 radical (unpaired) electrons. The van der Waals surface area contributed by atoms with E-state index >= 15 is 0 Å². The minimum absolute atomic E-state index is 0.0685. The summed E-state index contributed by atoms with van der Waals surface area (Å²) in [6.45, 7) is 1.98. The highest BCUT2D eigenvalue weighted by atomic mass is 16.3. The van der Waals surface area contributed by atoms with E-state index in [9.17, 15) is 9.59 Å². The van der Waals surface area contributed by atoms with Crippen molar-refractivity contribution in [1.82, 2.24) is 20.0 Å². The standard InChI is InChI=1S/C17H16N4O3/c22-16(12-5-10-24-11-12)20-6-8-21(9-7-20)17(23)15-13-3-1-2-4-14(13)18-19-15/h1-5,10-11H,6-9H2,(H,18,19). The van der Waals surface area contributed by atoms with Gasteiger partial charge in [0, 0.05) is 31.6 Å². The zero-order valence-corrected chi connectivity index (χ0v) is 12.9. The largest absolute Gasteiger partial charge is 0.472 e. The number of aromatic nitrogens is 2. The van der Waals surface area contributed by atoms with Gasteiger partial charge in [0.2, 0.25) is 0 Å². The molecule has 3 heterocycles. The fraction of sp³-hybridized carbons (Fsp3) is 0.235. The Bertz CT molecular complexity index is 876. The van der Waals surface area contributed by atoms with E-state index in [1.54, 1.807) is 15.9 Å². The smallest absolute Gasteiger partial charge is 0.275 e. The van der Waals surface area contributed by atoms with Crippen LogP contribution in [0.2, 0.25) is 0 Å². The van der Waals surface area contributed by atoms with Crippen LogP contribution < -0.4 is 0 Å². The van der Waals surface area contributed by atoms with Crippen LogP contribution in [-0.4, -0.2) is 58.0 Å². The summed E-state index contributed by atoms with van der Waals surface area (Å²) in [7, 11) is 0. The number of furan rings is 1. The van der Waals surface area contributed by atoms with Crippen LogP contribution in [0.15, 0.2) is 47.3 Å². The lowest BCUT2D eigenvalue weighted by Crippen LogP contribution is -2.50. The van der Waals surface area contributed by atoms with Crippen molar-refractivity contribution in [3.05, 3.63) is 54.1 Å². The molecule has 1 aromatic carbocycles. The molecule has 4 rings (SSSR count). The average molecular weight is 324 g/mol. The van der Waals surface area contributed by atoms with Crippen LogP contribution in [0.25, 0.3) is 10.9 Å². The third-order valence-corrected chi connectivity index (χ3v) is 4.30. The normalized spacial score (nSPS) is 15.0. The minimum atomic E-state index is -0.108. The first-order valence-corrected chi connectivity index (χ1v) is 7.78. The Balaban J connectivity index is 1.46.